The number of nitrogens with one attached hydrogen (secondary N) is 2. The lowest BCUT2D eigenvalue weighted by Crippen LogP contribution is -2.37. The third-order valence-electron chi connectivity index (χ3n) is 7.48. The second kappa shape index (κ2) is 11.4. The van der Waals surface area contributed by atoms with E-state index in [9.17, 15) is 9.59 Å². The van der Waals surface area contributed by atoms with Crippen molar-refractivity contribution in [2.24, 2.45) is 0 Å². The Hall–Kier alpha value is -5.18. The number of fused-ring (bicyclic) bond motifs is 1. The number of hydrogen-bond donors (Lipinski definition) is 2. The third kappa shape index (κ3) is 5.41. The molecule has 2 N–H and O–H groups in total. The van der Waals surface area contributed by atoms with Gasteiger partial charge < -0.3 is 24.8 Å². The molecule has 0 atom stereocenters. The number of amides is 3. The Morgan fingerprint density at radius 2 is 1.83 bits per heavy atom. The van der Waals surface area contributed by atoms with Crippen LogP contribution in [0, 0.1) is 0 Å². The molecule has 0 aliphatic heterocycles. The molecule has 2 aromatic carbocycles. The van der Waals surface area contributed by atoms with Gasteiger partial charge in [-0.3, -0.25) is 9.78 Å². The zero-order valence-electron chi connectivity index (χ0n) is 23.8. The molecule has 0 saturated heterocycles. The van der Waals surface area contributed by atoms with Crippen LogP contribution in [0.25, 0.3) is 33.3 Å². The Morgan fingerprint density at radius 3 is 2.57 bits per heavy atom. The number of nitrogens with zero attached hydrogens (tertiary/aromatic N) is 4. The van der Waals surface area contributed by atoms with E-state index >= 15 is 0 Å². The normalized spacial score (nSPS) is 12.6. The van der Waals surface area contributed by atoms with Crippen LogP contribution in [0.3, 0.4) is 0 Å². The van der Waals surface area contributed by atoms with Crippen LogP contribution in [0.15, 0.2) is 85.5 Å². The zero-order valence-corrected chi connectivity index (χ0v) is 23.8. The highest BCUT2D eigenvalue weighted by Gasteiger charge is 2.33. The number of para-hydroxylation sites is 1. The van der Waals surface area contributed by atoms with E-state index in [-0.39, 0.29) is 18.0 Å². The van der Waals surface area contributed by atoms with Crippen LogP contribution in [0.2, 0.25) is 0 Å². The second-order valence-corrected chi connectivity index (χ2v) is 10.6. The number of anilines is 1. The number of pyridine rings is 2. The van der Waals surface area contributed by atoms with Gasteiger partial charge in [-0.15, -0.1) is 0 Å². The first-order valence-corrected chi connectivity index (χ1v) is 13.9. The number of urea groups is 1. The molecule has 3 aromatic heterocycles. The van der Waals surface area contributed by atoms with Crippen LogP contribution in [-0.4, -0.2) is 63.9 Å². The van der Waals surface area contributed by atoms with Crippen molar-refractivity contribution in [3.63, 3.8) is 0 Å². The number of ether oxygens (including phenoxy) is 1. The van der Waals surface area contributed by atoms with E-state index in [1.54, 1.807) is 45.9 Å². The zero-order chi connectivity index (χ0) is 29.2. The molecule has 3 amide bonds. The summed E-state index contributed by atoms with van der Waals surface area (Å²) in [5.74, 6) is 0.564. The SMILES string of the molecule is COc1ccccc1-c1c[nH]c2ncc(-c3ccc(NC(=O)N(Cc4cccnc4)C4CC4)c(C(=O)N(C)C)c3)cc12. The highest BCUT2D eigenvalue weighted by molar-refractivity contribution is 6.05. The van der Waals surface area contributed by atoms with Gasteiger partial charge in [0.1, 0.15) is 11.4 Å². The number of H-pyrrole nitrogens is 1. The predicted molar refractivity (Wildman–Crippen MR) is 163 cm³/mol. The summed E-state index contributed by atoms with van der Waals surface area (Å²) in [4.78, 5) is 42.2. The first-order valence-electron chi connectivity index (χ1n) is 13.9. The molecule has 1 fully saturated rings. The van der Waals surface area contributed by atoms with Crippen molar-refractivity contribution in [2.45, 2.75) is 25.4 Å². The van der Waals surface area contributed by atoms with Gasteiger partial charge in [-0.25, -0.2) is 9.78 Å². The molecule has 9 heteroatoms. The molecule has 0 bridgehead atoms. The molecule has 9 nitrogen and oxygen atoms in total. The first-order chi connectivity index (χ1) is 20.4. The summed E-state index contributed by atoms with van der Waals surface area (Å²) in [6, 6.07) is 19.2. The maximum atomic E-state index is 13.5. The van der Waals surface area contributed by atoms with E-state index in [0.29, 0.717) is 17.8 Å². The fraction of sp³-hybridized carbons (Fsp3) is 0.212. The molecule has 1 aliphatic carbocycles. The molecule has 5 aromatic rings. The van der Waals surface area contributed by atoms with E-state index in [1.165, 1.54) is 4.90 Å². The van der Waals surface area contributed by atoms with Gasteiger partial charge in [0.15, 0.2) is 0 Å². The standard InChI is InChI=1S/C33H32N6O3/c1-38(2)32(40)27-15-22(10-13-29(27)37-33(41)39(24-11-12-24)20-21-7-6-14-34-17-21)23-16-26-28(19-36-31(26)35-18-23)25-8-4-5-9-30(25)42-3/h4-10,13-19,24H,11-12,20H2,1-3H3,(H,35,36)(H,37,41). The molecule has 212 valence electrons. The van der Waals surface area contributed by atoms with Crippen molar-refractivity contribution in [3.8, 4) is 28.0 Å². The molecular weight excluding hydrogens is 528 g/mol. The Morgan fingerprint density at radius 1 is 1.00 bits per heavy atom. The fourth-order valence-corrected chi connectivity index (χ4v) is 5.13. The second-order valence-electron chi connectivity index (χ2n) is 10.6. The first kappa shape index (κ1) is 27.0. The quantitative estimate of drug-likeness (QED) is 0.235. The predicted octanol–water partition coefficient (Wildman–Crippen LogP) is 6.20. The number of carbonyl (C=O) groups is 2. The monoisotopic (exact) mass is 560 g/mol. The summed E-state index contributed by atoms with van der Waals surface area (Å²) in [5, 5.41) is 3.96. The van der Waals surface area contributed by atoms with Gasteiger partial charge in [0, 0.05) is 73.5 Å². The minimum absolute atomic E-state index is 0.175. The lowest BCUT2D eigenvalue weighted by molar-refractivity contribution is 0.0828. The Labute approximate surface area is 244 Å². The molecule has 1 aliphatic rings. The molecule has 1 saturated carbocycles. The summed E-state index contributed by atoms with van der Waals surface area (Å²) < 4.78 is 5.59. The molecule has 0 unspecified atom stereocenters. The molecule has 6 rings (SSSR count). The van der Waals surface area contributed by atoms with Gasteiger partial charge in [-0.2, -0.15) is 0 Å². The van der Waals surface area contributed by atoms with Crippen LogP contribution >= 0.6 is 0 Å². The minimum atomic E-state index is -0.237. The third-order valence-corrected chi connectivity index (χ3v) is 7.48. The van der Waals surface area contributed by atoms with Gasteiger partial charge >= 0.3 is 6.03 Å². The van der Waals surface area contributed by atoms with Gasteiger partial charge in [-0.05, 0) is 54.3 Å². The average molecular weight is 561 g/mol. The Bertz CT molecular complexity index is 1760. The maximum absolute atomic E-state index is 13.5. The van der Waals surface area contributed by atoms with Crippen LogP contribution in [0.1, 0.15) is 28.8 Å². The van der Waals surface area contributed by atoms with Crippen molar-refractivity contribution in [1.29, 1.82) is 0 Å². The minimum Gasteiger partial charge on any atom is -0.496 e. The highest BCUT2D eigenvalue weighted by atomic mass is 16.5. The van der Waals surface area contributed by atoms with E-state index in [0.717, 1.165) is 57.4 Å². The summed E-state index contributed by atoms with van der Waals surface area (Å²) in [6.07, 6.45) is 9.12. The summed E-state index contributed by atoms with van der Waals surface area (Å²) in [6.45, 7) is 0.455. The van der Waals surface area contributed by atoms with Crippen molar-refractivity contribution < 1.29 is 14.3 Å². The van der Waals surface area contributed by atoms with Crippen LogP contribution in [-0.2, 0) is 6.54 Å². The lowest BCUT2D eigenvalue weighted by Gasteiger charge is -2.24. The number of aromatic amines is 1. The molecular formula is C33H32N6O3. The van der Waals surface area contributed by atoms with Crippen LogP contribution in [0.4, 0.5) is 10.5 Å². The topological polar surface area (TPSA) is 103 Å². The highest BCUT2D eigenvalue weighted by Crippen LogP contribution is 2.37. The van der Waals surface area contributed by atoms with Crippen molar-refractivity contribution in [1.82, 2.24) is 24.8 Å². The lowest BCUT2D eigenvalue weighted by atomic mass is 9.99. The fourth-order valence-electron chi connectivity index (χ4n) is 5.13. The van der Waals surface area contributed by atoms with Gasteiger partial charge in [0.05, 0.1) is 18.4 Å². The summed E-state index contributed by atoms with van der Waals surface area (Å²) >= 11 is 0. The molecule has 3 heterocycles. The number of rotatable bonds is 8. The van der Waals surface area contributed by atoms with Gasteiger partial charge in [0.25, 0.3) is 5.91 Å². The molecule has 0 spiro atoms. The van der Waals surface area contributed by atoms with Crippen molar-refractivity contribution in [2.75, 3.05) is 26.5 Å². The average Bonchev–Trinajstić information content (AvgIpc) is 3.78. The van der Waals surface area contributed by atoms with Crippen molar-refractivity contribution in [3.05, 3.63) is 96.6 Å². The van der Waals surface area contributed by atoms with E-state index in [2.05, 4.69) is 26.3 Å². The Kier molecular flexibility index (Phi) is 7.31. The number of benzene rings is 2. The Balaban J connectivity index is 1.34. The smallest absolute Gasteiger partial charge is 0.322 e. The largest absolute Gasteiger partial charge is 0.496 e. The number of carbonyl (C=O) groups excluding carboxylic acids is 2. The van der Waals surface area contributed by atoms with Gasteiger partial charge in [-0.1, -0.05) is 30.3 Å². The van der Waals surface area contributed by atoms with Crippen molar-refractivity contribution >= 4 is 28.7 Å². The summed E-state index contributed by atoms with van der Waals surface area (Å²) in [7, 11) is 5.06. The molecule has 0 radical (unpaired) electrons. The maximum Gasteiger partial charge on any atom is 0.322 e. The van der Waals surface area contributed by atoms with Crippen LogP contribution < -0.4 is 10.1 Å². The number of aromatic nitrogens is 3. The number of hydrogen-bond acceptors (Lipinski definition) is 5. The van der Waals surface area contributed by atoms with Crippen LogP contribution in [0.5, 0.6) is 5.75 Å². The summed E-state index contributed by atoms with van der Waals surface area (Å²) in [5.41, 5.74) is 6.17. The number of methoxy groups -OCH3 is 1. The van der Waals surface area contributed by atoms with Gasteiger partial charge in [0.2, 0.25) is 0 Å². The van der Waals surface area contributed by atoms with E-state index in [1.807, 2.05) is 59.6 Å². The van der Waals surface area contributed by atoms with E-state index < -0.39 is 0 Å². The molecule has 42 heavy (non-hydrogen) atoms. The van der Waals surface area contributed by atoms with E-state index in [4.69, 9.17) is 4.74 Å².